The lowest BCUT2D eigenvalue weighted by molar-refractivity contribution is -0.136. The van der Waals surface area contributed by atoms with E-state index in [1.165, 1.54) is 6.21 Å². The second-order valence-corrected chi connectivity index (χ2v) is 7.42. The van der Waals surface area contributed by atoms with Crippen LogP contribution in [0.4, 0.5) is 17.1 Å². The molecule has 0 fully saturated rings. The van der Waals surface area contributed by atoms with Gasteiger partial charge in [0.15, 0.2) is 0 Å². The first-order valence-corrected chi connectivity index (χ1v) is 10.4. The van der Waals surface area contributed by atoms with Crippen LogP contribution in [0.2, 0.25) is 0 Å². The summed E-state index contributed by atoms with van der Waals surface area (Å²) in [6.07, 6.45) is 3.10. The number of benzene rings is 3. The van der Waals surface area contributed by atoms with Gasteiger partial charge in [-0.25, -0.2) is 5.43 Å². The summed E-state index contributed by atoms with van der Waals surface area (Å²) in [5, 5.41) is 9.72. The maximum atomic E-state index is 12.1. The SMILES string of the molecule is C=CCOc1ccc(NC(=O)C(=O)N/N=C\c2cc(Br)ccc2Nc2ccccc2)cc1. The van der Waals surface area contributed by atoms with Crippen molar-refractivity contribution >= 4 is 51.0 Å². The van der Waals surface area contributed by atoms with Crippen LogP contribution in [-0.2, 0) is 9.59 Å². The van der Waals surface area contributed by atoms with Crippen molar-refractivity contribution in [2.45, 2.75) is 0 Å². The maximum Gasteiger partial charge on any atom is 0.329 e. The molecular formula is C24H21BrN4O3. The molecule has 3 aromatic carbocycles. The lowest BCUT2D eigenvalue weighted by Crippen LogP contribution is -2.32. The number of ether oxygens (including phenoxy) is 1. The lowest BCUT2D eigenvalue weighted by Gasteiger charge is -2.10. The van der Waals surface area contributed by atoms with Crippen LogP contribution in [0.5, 0.6) is 5.75 Å². The predicted molar refractivity (Wildman–Crippen MR) is 130 cm³/mol. The van der Waals surface area contributed by atoms with Gasteiger partial charge in [-0.15, -0.1) is 0 Å². The van der Waals surface area contributed by atoms with E-state index in [2.05, 4.69) is 43.7 Å². The molecule has 0 bridgehead atoms. The largest absolute Gasteiger partial charge is 0.490 e. The fourth-order valence-electron chi connectivity index (χ4n) is 2.62. The summed E-state index contributed by atoms with van der Waals surface area (Å²) < 4.78 is 6.22. The number of hydrogen-bond acceptors (Lipinski definition) is 5. The smallest absolute Gasteiger partial charge is 0.329 e. The number of hydrogen-bond donors (Lipinski definition) is 3. The van der Waals surface area contributed by atoms with Gasteiger partial charge in [0.1, 0.15) is 12.4 Å². The Balaban J connectivity index is 1.59. The highest BCUT2D eigenvalue weighted by Crippen LogP contribution is 2.23. The van der Waals surface area contributed by atoms with Crippen molar-refractivity contribution < 1.29 is 14.3 Å². The number of nitrogens with one attached hydrogen (secondary N) is 3. The fourth-order valence-corrected chi connectivity index (χ4v) is 3.00. The number of halogens is 1. The Morgan fingerprint density at radius 1 is 0.969 bits per heavy atom. The first-order chi connectivity index (χ1) is 15.5. The van der Waals surface area contributed by atoms with E-state index in [4.69, 9.17) is 4.74 Å². The van der Waals surface area contributed by atoms with Crippen molar-refractivity contribution in [2.75, 3.05) is 17.2 Å². The van der Waals surface area contributed by atoms with Crippen molar-refractivity contribution in [3.05, 3.63) is 95.5 Å². The lowest BCUT2D eigenvalue weighted by atomic mass is 10.2. The molecule has 7 nitrogen and oxygen atoms in total. The minimum Gasteiger partial charge on any atom is -0.490 e. The van der Waals surface area contributed by atoms with E-state index in [9.17, 15) is 9.59 Å². The first kappa shape index (κ1) is 22.8. The highest BCUT2D eigenvalue weighted by atomic mass is 79.9. The summed E-state index contributed by atoms with van der Waals surface area (Å²) in [7, 11) is 0. The van der Waals surface area contributed by atoms with E-state index < -0.39 is 11.8 Å². The van der Waals surface area contributed by atoms with E-state index in [1.807, 2.05) is 48.5 Å². The molecule has 0 saturated carbocycles. The summed E-state index contributed by atoms with van der Waals surface area (Å²) in [6.45, 7) is 3.96. The third kappa shape index (κ3) is 6.82. The van der Waals surface area contributed by atoms with Crippen LogP contribution in [0.25, 0.3) is 0 Å². The number of carbonyl (C=O) groups excluding carboxylic acids is 2. The zero-order chi connectivity index (χ0) is 22.8. The normalized spacial score (nSPS) is 10.4. The van der Waals surface area contributed by atoms with E-state index in [-0.39, 0.29) is 0 Å². The Morgan fingerprint density at radius 3 is 2.44 bits per heavy atom. The number of nitrogens with zero attached hydrogens (tertiary/aromatic N) is 1. The zero-order valence-electron chi connectivity index (χ0n) is 17.0. The fraction of sp³-hybridized carbons (Fsp3) is 0.0417. The molecule has 2 amide bonds. The summed E-state index contributed by atoms with van der Waals surface area (Å²) in [6, 6.07) is 21.9. The molecule has 0 saturated heterocycles. The molecule has 0 aliphatic heterocycles. The van der Waals surface area contributed by atoms with E-state index >= 15 is 0 Å². The number of anilines is 3. The Labute approximate surface area is 194 Å². The molecule has 32 heavy (non-hydrogen) atoms. The molecule has 8 heteroatoms. The minimum atomic E-state index is -0.888. The standard InChI is InChI=1S/C24H21BrN4O3/c1-2-14-32-21-11-9-20(10-12-21)28-23(30)24(31)29-26-16-17-15-18(25)8-13-22(17)27-19-6-4-3-5-7-19/h2-13,15-16,27H,1,14H2,(H,28,30)(H,29,31)/b26-16-. The summed E-state index contributed by atoms with van der Waals surface area (Å²) in [5.41, 5.74) is 5.12. The van der Waals surface area contributed by atoms with Crippen molar-refractivity contribution in [3.8, 4) is 5.75 Å². The van der Waals surface area contributed by atoms with Gasteiger partial charge in [0.25, 0.3) is 0 Å². The molecule has 0 aromatic heterocycles. The molecule has 0 radical (unpaired) electrons. The highest BCUT2D eigenvalue weighted by molar-refractivity contribution is 9.10. The molecule has 0 aliphatic carbocycles. The Hall–Kier alpha value is -3.91. The molecule has 0 atom stereocenters. The van der Waals surface area contributed by atoms with Crippen LogP contribution in [-0.4, -0.2) is 24.6 Å². The topological polar surface area (TPSA) is 91.8 Å². The average Bonchev–Trinajstić information content (AvgIpc) is 2.81. The number of hydrazone groups is 1. The minimum absolute atomic E-state index is 0.382. The number of para-hydroxylation sites is 1. The van der Waals surface area contributed by atoms with Gasteiger partial charge in [-0.05, 0) is 54.6 Å². The third-order valence-electron chi connectivity index (χ3n) is 4.12. The molecule has 0 heterocycles. The van der Waals surface area contributed by atoms with Crippen molar-refractivity contribution in [2.24, 2.45) is 5.10 Å². The molecule has 0 aliphatic rings. The Kier molecular flexibility index (Phi) is 8.16. The van der Waals surface area contributed by atoms with Gasteiger partial charge in [-0.2, -0.15) is 5.10 Å². The summed E-state index contributed by atoms with van der Waals surface area (Å²) in [5.74, 6) is -1.09. The maximum absolute atomic E-state index is 12.1. The predicted octanol–water partition coefficient (Wildman–Crippen LogP) is 4.85. The van der Waals surface area contributed by atoms with Crippen LogP contribution >= 0.6 is 15.9 Å². The molecule has 162 valence electrons. The van der Waals surface area contributed by atoms with Crippen LogP contribution in [0.15, 0.2) is 95.0 Å². The first-order valence-electron chi connectivity index (χ1n) is 9.65. The van der Waals surface area contributed by atoms with Gasteiger partial charge < -0.3 is 15.4 Å². The van der Waals surface area contributed by atoms with Gasteiger partial charge in [0, 0.05) is 27.1 Å². The third-order valence-corrected chi connectivity index (χ3v) is 4.62. The zero-order valence-corrected chi connectivity index (χ0v) is 18.6. The average molecular weight is 493 g/mol. The van der Waals surface area contributed by atoms with Crippen molar-refractivity contribution in [1.82, 2.24) is 5.43 Å². The molecular weight excluding hydrogens is 472 g/mol. The second-order valence-electron chi connectivity index (χ2n) is 6.50. The van der Waals surface area contributed by atoms with Crippen LogP contribution in [0.3, 0.4) is 0 Å². The monoisotopic (exact) mass is 492 g/mol. The van der Waals surface area contributed by atoms with Gasteiger partial charge in [0.05, 0.1) is 6.21 Å². The molecule has 3 N–H and O–H groups in total. The van der Waals surface area contributed by atoms with E-state index in [0.717, 1.165) is 21.4 Å². The Morgan fingerprint density at radius 2 is 1.72 bits per heavy atom. The molecule has 0 unspecified atom stereocenters. The number of amides is 2. The van der Waals surface area contributed by atoms with Gasteiger partial charge in [0.2, 0.25) is 0 Å². The van der Waals surface area contributed by atoms with Gasteiger partial charge >= 0.3 is 11.8 Å². The quantitative estimate of drug-likeness (QED) is 0.181. The van der Waals surface area contributed by atoms with Gasteiger partial charge in [-0.3, -0.25) is 9.59 Å². The molecule has 3 aromatic rings. The van der Waals surface area contributed by atoms with Crippen LogP contribution in [0.1, 0.15) is 5.56 Å². The summed E-state index contributed by atoms with van der Waals surface area (Å²) in [4.78, 5) is 24.2. The number of carbonyl (C=O) groups is 2. The Bertz CT molecular complexity index is 1120. The highest BCUT2D eigenvalue weighted by Gasteiger charge is 2.13. The van der Waals surface area contributed by atoms with Crippen LogP contribution in [0, 0.1) is 0 Å². The molecule has 0 spiro atoms. The van der Waals surface area contributed by atoms with Crippen molar-refractivity contribution in [1.29, 1.82) is 0 Å². The van der Waals surface area contributed by atoms with E-state index in [0.29, 0.717) is 18.0 Å². The van der Waals surface area contributed by atoms with Crippen molar-refractivity contribution in [3.63, 3.8) is 0 Å². The molecule has 3 rings (SSSR count). The van der Waals surface area contributed by atoms with E-state index in [1.54, 1.807) is 30.3 Å². The van der Waals surface area contributed by atoms with Gasteiger partial charge in [-0.1, -0.05) is 46.8 Å². The second kappa shape index (κ2) is 11.5. The van der Waals surface area contributed by atoms with Crippen LogP contribution < -0.4 is 20.8 Å². The summed E-state index contributed by atoms with van der Waals surface area (Å²) >= 11 is 3.43. The number of rotatable bonds is 8.